The number of carbonyl (C=O) groups is 1. The third-order valence-corrected chi connectivity index (χ3v) is 2.63. The average molecular weight is 249 g/mol. The van der Waals surface area contributed by atoms with Crippen LogP contribution in [-0.4, -0.2) is 31.2 Å². The SMILES string of the molecule is CCOC(=O)c1cc2c(OC)c(OC)ccn2c1. The molecular weight excluding hydrogens is 234 g/mol. The highest BCUT2D eigenvalue weighted by Gasteiger charge is 2.14. The molecule has 0 amide bonds. The molecule has 0 bridgehead atoms. The van der Waals surface area contributed by atoms with Gasteiger partial charge in [-0.15, -0.1) is 0 Å². The van der Waals surface area contributed by atoms with Crippen LogP contribution in [0.5, 0.6) is 11.5 Å². The van der Waals surface area contributed by atoms with E-state index < -0.39 is 0 Å². The van der Waals surface area contributed by atoms with Gasteiger partial charge in [0.2, 0.25) is 0 Å². The van der Waals surface area contributed by atoms with Gasteiger partial charge < -0.3 is 18.6 Å². The molecule has 5 nitrogen and oxygen atoms in total. The minimum absolute atomic E-state index is 0.345. The van der Waals surface area contributed by atoms with Crippen LogP contribution in [0.2, 0.25) is 0 Å². The van der Waals surface area contributed by atoms with E-state index in [-0.39, 0.29) is 5.97 Å². The smallest absolute Gasteiger partial charge is 0.339 e. The van der Waals surface area contributed by atoms with Crippen LogP contribution in [0.1, 0.15) is 17.3 Å². The van der Waals surface area contributed by atoms with Gasteiger partial charge in [-0.2, -0.15) is 0 Å². The van der Waals surface area contributed by atoms with Gasteiger partial charge in [-0.3, -0.25) is 0 Å². The fourth-order valence-electron chi connectivity index (χ4n) is 1.83. The van der Waals surface area contributed by atoms with Crippen LogP contribution in [-0.2, 0) is 4.74 Å². The molecule has 5 heteroatoms. The highest BCUT2D eigenvalue weighted by molar-refractivity contribution is 5.92. The zero-order valence-electron chi connectivity index (χ0n) is 10.6. The topological polar surface area (TPSA) is 49.2 Å². The molecule has 2 heterocycles. The van der Waals surface area contributed by atoms with Crippen molar-refractivity contribution in [2.24, 2.45) is 0 Å². The number of hydrogen-bond acceptors (Lipinski definition) is 4. The lowest BCUT2D eigenvalue weighted by molar-refractivity contribution is 0.0526. The summed E-state index contributed by atoms with van der Waals surface area (Å²) >= 11 is 0. The van der Waals surface area contributed by atoms with E-state index in [2.05, 4.69) is 0 Å². The first-order valence-corrected chi connectivity index (χ1v) is 5.61. The molecule has 18 heavy (non-hydrogen) atoms. The number of methoxy groups -OCH3 is 2. The molecule has 0 spiro atoms. The number of aromatic nitrogens is 1. The quantitative estimate of drug-likeness (QED) is 0.779. The fourth-order valence-corrected chi connectivity index (χ4v) is 1.83. The lowest BCUT2D eigenvalue weighted by atomic mass is 10.3. The lowest BCUT2D eigenvalue weighted by Gasteiger charge is -2.08. The summed E-state index contributed by atoms with van der Waals surface area (Å²) in [5, 5.41) is 0. The normalized spacial score (nSPS) is 10.4. The zero-order valence-corrected chi connectivity index (χ0v) is 10.6. The Morgan fingerprint density at radius 2 is 2.11 bits per heavy atom. The Morgan fingerprint density at radius 3 is 2.72 bits per heavy atom. The zero-order chi connectivity index (χ0) is 13.1. The van der Waals surface area contributed by atoms with Crippen LogP contribution < -0.4 is 9.47 Å². The fraction of sp³-hybridized carbons (Fsp3) is 0.308. The molecule has 2 rings (SSSR count). The van der Waals surface area contributed by atoms with Crippen molar-refractivity contribution in [2.45, 2.75) is 6.92 Å². The van der Waals surface area contributed by atoms with Crippen LogP contribution >= 0.6 is 0 Å². The minimum atomic E-state index is -0.345. The molecule has 0 saturated carbocycles. The third-order valence-electron chi connectivity index (χ3n) is 2.63. The van der Waals surface area contributed by atoms with E-state index in [1.54, 1.807) is 50.1 Å². The number of ether oxygens (including phenoxy) is 3. The van der Waals surface area contributed by atoms with Crippen LogP contribution in [0, 0.1) is 0 Å². The first-order valence-electron chi connectivity index (χ1n) is 5.61. The van der Waals surface area contributed by atoms with E-state index in [0.29, 0.717) is 23.7 Å². The van der Waals surface area contributed by atoms with E-state index in [0.717, 1.165) is 5.52 Å². The molecule has 0 aliphatic rings. The van der Waals surface area contributed by atoms with Gasteiger partial charge in [-0.25, -0.2) is 4.79 Å². The molecule has 0 unspecified atom stereocenters. The number of hydrogen-bond donors (Lipinski definition) is 0. The summed E-state index contributed by atoms with van der Waals surface area (Å²) in [5.41, 5.74) is 1.25. The van der Waals surface area contributed by atoms with Crippen LogP contribution in [0.15, 0.2) is 24.5 Å². The molecule has 0 radical (unpaired) electrons. The Labute approximate surface area is 105 Å². The number of rotatable bonds is 4. The van der Waals surface area contributed by atoms with Crippen molar-refractivity contribution in [3.8, 4) is 11.5 Å². The van der Waals surface area contributed by atoms with Crippen molar-refractivity contribution in [3.05, 3.63) is 30.1 Å². The third kappa shape index (κ3) is 1.99. The van der Waals surface area contributed by atoms with E-state index in [1.165, 1.54) is 0 Å². The molecule has 0 saturated heterocycles. The van der Waals surface area contributed by atoms with Crippen molar-refractivity contribution >= 4 is 11.5 Å². The van der Waals surface area contributed by atoms with Crippen LogP contribution in [0.3, 0.4) is 0 Å². The maximum atomic E-state index is 11.7. The largest absolute Gasteiger partial charge is 0.493 e. The molecule has 0 atom stereocenters. The summed E-state index contributed by atoms with van der Waals surface area (Å²) in [6, 6.07) is 3.50. The monoisotopic (exact) mass is 249 g/mol. The number of carbonyl (C=O) groups excluding carboxylic acids is 1. The molecule has 0 aliphatic heterocycles. The molecule has 0 aliphatic carbocycles. The second kappa shape index (κ2) is 5.00. The van der Waals surface area contributed by atoms with E-state index in [4.69, 9.17) is 14.2 Å². The van der Waals surface area contributed by atoms with Crippen molar-refractivity contribution in [2.75, 3.05) is 20.8 Å². The average Bonchev–Trinajstić information content (AvgIpc) is 2.81. The molecule has 96 valence electrons. The second-order valence-corrected chi connectivity index (χ2v) is 3.66. The van der Waals surface area contributed by atoms with Crippen molar-refractivity contribution < 1.29 is 19.0 Å². The number of fused-ring (bicyclic) bond motifs is 1. The molecule has 0 fully saturated rings. The predicted molar refractivity (Wildman–Crippen MR) is 66.5 cm³/mol. The number of pyridine rings is 1. The summed E-state index contributed by atoms with van der Waals surface area (Å²) in [6.07, 6.45) is 3.51. The first-order chi connectivity index (χ1) is 8.71. The molecular formula is C13H15NO4. The van der Waals surface area contributed by atoms with Crippen LogP contribution in [0.4, 0.5) is 0 Å². The Bertz CT molecular complexity index is 574. The maximum Gasteiger partial charge on any atom is 0.339 e. The standard InChI is InChI=1S/C13H15NO4/c1-4-18-13(15)9-7-10-12(17-3)11(16-2)5-6-14(10)8-9/h5-8H,4H2,1-3H3. The predicted octanol–water partition coefficient (Wildman–Crippen LogP) is 2.13. The number of nitrogens with zero attached hydrogens (tertiary/aromatic N) is 1. The Hall–Kier alpha value is -2.17. The van der Waals surface area contributed by atoms with Gasteiger partial charge in [-0.05, 0) is 13.0 Å². The summed E-state index contributed by atoms with van der Waals surface area (Å²) < 4.78 is 17.3. The maximum absolute atomic E-state index is 11.7. The molecule has 2 aromatic rings. The summed E-state index contributed by atoms with van der Waals surface area (Å²) in [4.78, 5) is 11.7. The van der Waals surface area contributed by atoms with Gasteiger partial charge in [0, 0.05) is 18.5 Å². The van der Waals surface area contributed by atoms with E-state index in [1.807, 2.05) is 0 Å². The van der Waals surface area contributed by atoms with Gasteiger partial charge in [0.15, 0.2) is 11.5 Å². The molecule has 0 aromatic carbocycles. The second-order valence-electron chi connectivity index (χ2n) is 3.66. The van der Waals surface area contributed by atoms with Gasteiger partial charge in [0.05, 0.1) is 31.9 Å². The van der Waals surface area contributed by atoms with Gasteiger partial charge in [0.25, 0.3) is 0 Å². The summed E-state index contributed by atoms with van der Waals surface area (Å²) in [5.74, 6) is 0.872. The van der Waals surface area contributed by atoms with Crippen molar-refractivity contribution in [3.63, 3.8) is 0 Å². The van der Waals surface area contributed by atoms with Gasteiger partial charge in [-0.1, -0.05) is 0 Å². The summed E-state index contributed by atoms with van der Waals surface area (Å²) in [6.45, 7) is 2.13. The highest BCUT2D eigenvalue weighted by Crippen LogP contribution is 2.32. The van der Waals surface area contributed by atoms with Crippen LogP contribution in [0.25, 0.3) is 5.52 Å². The van der Waals surface area contributed by atoms with Crippen molar-refractivity contribution in [1.82, 2.24) is 4.40 Å². The molecule has 0 N–H and O–H groups in total. The number of esters is 1. The first kappa shape index (κ1) is 12.3. The Morgan fingerprint density at radius 1 is 1.33 bits per heavy atom. The van der Waals surface area contributed by atoms with E-state index >= 15 is 0 Å². The highest BCUT2D eigenvalue weighted by atomic mass is 16.5. The molecule has 2 aromatic heterocycles. The lowest BCUT2D eigenvalue weighted by Crippen LogP contribution is -2.02. The minimum Gasteiger partial charge on any atom is -0.493 e. The van der Waals surface area contributed by atoms with Crippen molar-refractivity contribution in [1.29, 1.82) is 0 Å². The van der Waals surface area contributed by atoms with Gasteiger partial charge >= 0.3 is 5.97 Å². The van der Waals surface area contributed by atoms with E-state index in [9.17, 15) is 4.79 Å². The Kier molecular flexibility index (Phi) is 3.41. The summed E-state index contributed by atoms with van der Waals surface area (Å²) in [7, 11) is 3.14. The Balaban J connectivity index is 2.53. The van der Waals surface area contributed by atoms with Gasteiger partial charge in [0.1, 0.15) is 0 Å².